The zero-order valence-corrected chi connectivity index (χ0v) is 23.3. The van der Waals surface area contributed by atoms with E-state index in [1.807, 2.05) is 6.07 Å². The predicted molar refractivity (Wildman–Crippen MR) is 154 cm³/mol. The molecule has 2 aromatic carbocycles. The molecule has 0 aliphatic carbocycles. The predicted octanol–water partition coefficient (Wildman–Crippen LogP) is 3.76. The molecule has 2 saturated heterocycles. The average Bonchev–Trinajstić information content (AvgIpc) is 3.64. The monoisotopic (exact) mass is 565 g/mol. The van der Waals surface area contributed by atoms with Crippen LogP contribution in [0.15, 0.2) is 59.6 Å². The van der Waals surface area contributed by atoms with Crippen LogP contribution in [0, 0.1) is 5.82 Å². The second kappa shape index (κ2) is 11.8. The highest BCUT2D eigenvalue weighted by Crippen LogP contribution is 2.36. The van der Waals surface area contributed by atoms with Crippen LogP contribution in [0.4, 0.5) is 21.7 Å². The Bertz CT molecular complexity index is 1420. The lowest BCUT2D eigenvalue weighted by Gasteiger charge is -2.34. The molecule has 1 aromatic heterocycles. The Morgan fingerprint density at radius 1 is 1.05 bits per heavy atom. The summed E-state index contributed by atoms with van der Waals surface area (Å²) in [5, 5.41) is 9.85. The second-order valence-corrected chi connectivity index (χ2v) is 12.7. The number of rotatable bonds is 9. The van der Waals surface area contributed by atoms with Crippen molar-refractivity contribution in [2.45, 2.75) is 42.5 Å². The molecule has 212 valence electrons. The molecule has 0 amide bonds. The summed E-state index contributed by atoms with van der Waals surface area (Å²) in [4.78, 5) is 11.7. The molecule has 0 bridgehead atoms. The quantitative estimate of drug-likeness (QED) is 0.361. The van der Waals surface area contributed by atoms with Crippen molar-refractivity contribution in [2.24, 2.45) is 0 Å². The molecule has 3 aliphatic rings. The van der Waals surface area contributed by atoms with E-state index >= 15 is 0 Å². The van der Waals surface area contributed by atoms with E-state index in [9.17, 15) is 12.8 Å². The van der Waals surface area contributed by atoms with E-state index < -0.39 is 10.0 Å². The second-order valence-electron chi connectivity index (χ2n) is 10.8. The van der Waals surface area contributed by atoms with Crippen molar-refractivity contribution >= 4 is 27.3 Å². The molecule has 3 aromatic rings. The minimum absolute atomic E-state index is 0.00600. The SMILES string of the molecule is O=S(=O)(c1ccc(Nc2nccc(C3CNc4ccc(F)cc43)n2)cc1)N(CCN1CCCC1)C1CCNCC1. The summed E-state index contributed by atoms with van der Waals surface area (Å²) < 4.78 is 43.3. The van der Waals surface area contributed by atoms with Crippen LogP contribution in [0.25, 0.3) is 0 Å². The highest BCUT2D eigenvalue weighted by atomic mass is 32.2. The van der Waals surface area contributed by atoms with Gasteiger partial charge in [-0.3, -0.25) is 0 Å². The van der Waals surface area contributed by atoms with Gasteiger partial charge in [0.1, 0.15) is 5.82 Å². The fourth-order valence-corrected chi connectivity index (χ4v) is 7.69. The zero-order valence-electron chi connectivity index (χ0n) is 22.5. The van der Waals surface area contributed by atoms with E-state index in [2.05, 4.69) is 30.8 Å². The molecule has 0 spiro atoms. The fraction of sp³-hybridized carbons (Fsp3) is 0.448. The Morgan fingerprint density at radius 3 is 2.60 bits per heavy atom. The summed E-state index contributed by atoms with van der Waals surface area (Å²) in [5.74, 6) is 0.0489. The van der Waals surface area contributed by atoms with Crippen LogP contribution in [0.3, 0.4) is 0 Å². The number of piperidine rings is 1. The number of fused-ring (bicyclic) bond motifs is 1. The Hall–Kier alpha value is -3.12. The summed E-state index contributed by atoms with van der Waals surface area (Å²) in [7, 11) is -3.65. The van der Waals surface area contributed by atoms with E-state index in [4.69, 9.17) is 0 Å². The molecule has 9 nitrogen and oxygen atoms in total. The third-order valence-corrected chi connectivity index (χ3v) is 10.2. The number of aromatic nitrogens is 2. The maximum absolute atomic E-state index is 13.9. The van der Waals surface area contributed by atoms with Gasteiger partial charge in [0.25, 0.3) is 0 Å². The van der Waals surface area contributed by atoms with Crippen LogP contribution in [-0.2, 0) is 10.0 Å². The van der Waals surface area contributed by atoms with Crippen molar-refractivity contribution in [2.75, 3.05) is 56.4 Å². The van der Waals surface area contributed by atoms with Gasteiger partial charge in [0.2, 0.25) is 16.0 Å². The molecule has 3 N–H and O–H groups in total. The molecular formula is C29H36FN7O2S. The van der Waals surface area contributed by atoms with Gasteiger partial charge in [-0.2, -0.15) is 4.31 Å². The van der Waals surface area contributed by atoms with E-state index in [0.29, 0.717) is 29.6 Å². The largest absolute Gasteiger partial charge is 0.384 e. The number of sulfonamides is 1. The first kappa shape index (κ1) is 27.1. The Balaban J connectivity index is 1.17. The average molecular weight is 566 g/mol. The van der Waals surface area contributed by atoms with E-state index in [1.165, 1.54) is 18.9 Å². The summed E-state index contributed by atoms with van der Waals surface area (Å²) >= 11 is 0. The lowest BCUT2D eigenvalue weighted by molar-refractivity contribution is 0.228. The lowest BCUT2D eigenvalue weighted by Crippen LogP contribution is -2.48. The van der Waals surface area contributed by atoms with Crippen LogP contribution >= 0.6 is 0 Å². The molecular weight excluding hydrogens is 529 g/mol. The molecule has 4 heterocycles. The van der Waals surface area contributed by atoms with Crippen molar-refractivity contribution in [3.05, 3.63) is 71.8 Å². The molecule has 11 heteroatoms. The smallest absolute Gasteiger partial charge is 0.243 e. The van der Waals surface area contributed by atoms with Gasteiger partial charge in [-0.1, -0.05) is 0 Å². The molecule has 0 radical (unpaired) electrons. The number of likely N-dealkylation sites (tertiary alicyclic amines) is 1. The molecule has 3 aliphatic heterocycles. The standard InChI is InChI=1S/C29H36FN7O2S/c30-21-3-8-27-25(19-21)26(20-33-27)28-11-14-32-29(35-28)34-22-4-6-24(7-5-22)40(38,39)37(23-9-12-31-13-10-23)18-17-36-15-1-2-16-36/h3-8,11,14,19,23,26,31,33H,1-2,9-10,12-13,15-18,20H2,(H,32,34,35). The lowest BCUT2D eigenvalue weighted by atomic mass is 9.97. The van der Waals surface area contributed by atoms with Gasteiger partial charge < -0.3 is 20.9 Å². The normalized spacial score (nSPS) is 20.0. The van der Waals surface area contributed by atoms with Gasteiger partial charge in [0.15, 0.2) is 0 Å². The van der Waals surface area contributed by atoms with Crippen molar-refractivity contribution < 1.29 is 12.8 Å². The number of hydrogen-bond acceptors (Lipinski definition) is 8. The summed E-state index contributed by atoms with van der Waals surface area (Å²) in [5.41, 5.74) is 3.26. The van der Waals surface area contributed by atoms with Gasteiger partial charge in [0, 0.05) is 49.2 Å². The first-order valence-electron chi connectivity index (χ1n) is 14.2. The number of hydrogen-bond donors (Lipinski definition) is 3. The van der Waals surface area contributed by atoms with E-state index in [0.717, 1.165) is 62.5 Å². The van der Waals surface area contributed by atoms with E-state index in [1.54, 1.807) is 46.9 Å². The number of benzene rings is 2. The third-order valence-electron chi connectivity index (χ3n) is 8.19. The molecule has 2 fully saturated rings. The van der Waals surface area contributed by atoms with Crippen molar-refractivity contribution in [1.29, 1.82) is 0 Å². The highest BCUT2D eigenvalue weighted by molar-refractivity contribution is 7.89. The summed E-state index contributed by atoms with van der Waals surface area (Å²) in [6, 6.07) is 13.4. The topological polar surface area (TPSA) is 102 Å². The van der Waals surface area contributed by atoms with Gasteiger partial charge in [0.05, 0.1) is 10.6 Å². The van der Waals surface area contributed by atoms with E-state index in [-0.39, 0.29) is 17.8 Å². The number of nitrogens with zero attached hydrogens (tertiary/aromatic N) is 4. The van der Waals surface area contributed by atoms with Crippen LogP contribution in [0.2, 0.25) is 0 Å². The molecule has 6 rings (SSSR count). The van der Waals surface area contributed by atoms with Gasteiger partial charge in [-0.25, -0.2) is 22.8 Å². The molecule has 0 saturated carbocycles. The van der Waals surface area contributed by atoms with Crippen LogP contribution < -0.4 is 16.0 Å². The first-order chi connectivity index (χ1) is 19.5. The molecule has 40 heavy (non-hydrogen) atoms. The van der Waals surface area contributed by atoms with Crippen molar-refractivity contribution in [3.63, 3.8) is 0 Å². The maximum Gasteiger partial charge on any atom is 0.243 e. The number of nitrogens with one attached hydrogen (secondary N) is 3. The van der Waals surface area contributed by atoms with Crippen molar-refractivity contribution in [1.82, 2.24) is 24.5 Å². The van der Waals surface area contributed by atoms with Crippen molar-refractivity contribution in [3.8, 4) is 0 Å². The molecule has 1 atom stereocenters. The first-order valence-corrected chi connectivity index (χ1v) is 15.6. The van der Waals surface area contributed by atoms with Gasteiger partial charge in [-0.05, 0) is 106 Å². The Labute approximate surface area is 235 Å². The highest BCUT2D eigenvalue weighted by Gasteiger charge is 2.33. The minimum Gasteiger partial charge on any atom is -0.384 e. The maximum atomic E-state index is 13.9. The Kier molecular flexibility index (Phi) is 7.97. The van der Waals surface area contributed by atoms with Crippen LogP contribution in [-0.4, -0.2) is 79.4 Å². The zero-order chi connectivity index (χ0) is 27.5. The van der Waals surface area contributed by atoms with Gasteiger partial charge in [-0.15, -0.1) is 0 Å². The summed E-state index contributed by atoms with van der Waals surface area (Å²) in [6.45, 7) is 5.67. The number of halogens is 1. The minimum atomic E-state index is -3.65. The summed E-state index contributed by atoms with van der Waals surface area (Å²) in [6.07, 6.45) is 5.69. The Morgan fingerprint density at radius 2 is 1.82 bits per heavy atom. The molecule has 1 unspecified atom stereocenters. The van der Waals surface area contributed by atoms with Gasteiger partial charge >= 0.3 is 0 Å². The number of anilines is 3. The van der Waals surface area contributed by atoms with Crippen LogP contribution in [0.5, 0.6) is 0 Å². The van der Waals surface area contributed by atoms with Crippen LogP contribution in [0.1, 0.15) is 42.9 Å². The fourth-order valence-electron chi connectivity index (χ4n) is 6.01. The third kappa shape index (κ3) is 5.83.